The summed E-state index contributed by atoms with van der Waals surface area (Å²) in [4.78, 5) is 0. The van der Waals surface area contributed by atoms with Crippen LogP contribution < -0.4 is 15.5 Å². The maximum atomic E-state index is 8.97. The van der Waals surface area contributed by atoms with Gasteiger partial charge in [0.05, 0.1) is 0 Å². The maximum absolute atomic E-state index is 8.97. The Morgan fingerprint density at radius 3 is 2.59 bits per heavy atom. The molecule has 4 nitrogen and oxygen atoms in total. The number of rotatable bonds is 4. The van der Waals surface area contributed by atoms with E-state index < -0.39 is 7.12 Å². The minimum Gasteiger partial charge on any atom is -0.489 e. The van der Waals surface area contributed by atoms with Crippen molar-refractivity contribution in [2.24, 2.45) is 0 Å². The van der Waals surface area contributed by atoms with Gasteiger partial charge in [0.2, 0.25) is 0 Å². The van der Waals surface area contributed by atoms with Crippen LogP contribution in [0.3, 0.4) is 0 Å². The zero-order valence-corrected chi connectivity index (χ0v) is 9.97. The van der Waals surface area contributed by atoms with Crippen molar-refractivity contribution in [1.29, 1.82) is 0 Å². The highest BCUT2D eigenvalue weighted by Crippen LogP contribution is 2.16. The zero-order valence-electron chi connectivity index (χ0n) is 9.97. The molecule has 0 saturated carbocycles. The molecule has 0 radical (unpaired) electrons. The summed E-state index contributed by atoms with van der Waals surface area (Å²) < 4.78 is 5.81. The van der Waals surface area contributed by atoms with Crippen LogP contribution in [0.2, 0.25) is 0 Å². The standard InChI is InChI=1S/C12H18BNO3/c1-9(12-3-2-8-14-12)17-11-6-4-10(5-7-11)13(15)16/h4-7,9,12,14-16H,2-3,8H2,1H3. The van der Waals surface area contributed by atoms with Gasteiger partial charge in [-0.25, -0.2) is 0 Å². The summed E-state index contributed by atoms with van der Waals surface area (Å²) in [6.45, 7) is 3.12. The fourth-order valence-corrected chi connectivity index (χ4v) is 2.13. The first-order valence-electron chi connectivity index (χ1n) is 6.03. The Kier molecular flexibility index (Phi) is 4.04. The molecule has 2 atom stereocenters. The Balaban J connectivity index is 1.93. The van der Waals surface area contributed by atoms with Crippen molar-refractivity contribution in [3.8, 4) is 5.75 Å². The topological polar surface area (TPSA) is 61.7 Å². The van der Waals surface area contributed by atoms with Gasteiger partial charge in [0, 0.05) is 6.04 Å². The number of hydrogen-bond acceptors (Lipinski definition) is 4. The molecule has 1 aromatic rings. The molecule has 0 spiro atoms. The van der Waals surface area contributed by atoms with Gasteiger partial charge < -0.3 is 20.1 Å². The lowest BCUT2D eigenvalue weighted by Gasteiger charge is -2.21. The van der Waals surface area contributed by atoms with Gasteiger partial charge >= 0.3 is 7.12 Å². The predicted molar refractivity (Wildman–Crippen MR) is 67.4 cm³/mol. The van der Waals surface area contributed by atoms with E-state index in [0.717, 1.165) is 18.7 Å². The third-order valence-corrected chi connectivity index (χ3v) is 3.17. The Bertz CT molecular complexity index is 349. The molecule has 2 rings (SSSR count). The van der Waals surface area contributed by atoms with Gasteiger partial charge in [-0.15, -0.1) is 0 Å². The summed E-state index contributed by atoms with van der Waals surface area (Å²) in [5.74, 6) is 0.760. The molecule has 5 heteroatoms. The highest BCUT2D eigenvalue weighted by atomic mass is 16.5. The van der Waals surface area contributed by atoms with Crippen LogP contribution in [0, 0.1) is 0 Å². The van der Waals surface area contributed by atoms with E-state index in [1.165, 1.54) is 6.42 Å². The van der Waals surface area contributed by atoms with E-state index in [2.05, 4.69) is 12.2 Å². The summed E-state index contributed by atoms with van der Waals surface area (Å²) >= 11 is 0. The van der Waals surface area contributed by atoms with Crippen molar-refractivity contribution in [2.45, 2.75) is 31.9 Å². The Morgan fingerprint density at radius 1 is 1.35 bits per heavy atom. The SMILES string of the molecule is CC(Oc1ccc(B(O)O)cc1)C1CCCN1. The molecule has 0 aromatic heterocycles. The summed E-state index contributed by atoms with van der Waals surface area (Å²) in [7, 11) is -1.42. The Labute approximate surface area is 102 Å². The third-order valence-electron chi connectivity index (χ3n) is 3.17. The third kappa shape index (κ3) is 3.22. The van der Waals surface area contributed by atoms with E-state index in [-0.39, 0.29) is 6.10 Å². The van der Waals surface area contributed by atoms with E-state index in [1.54, 1.807) is 24.3 Å². The predicted octanol–water partition coefficient (Wildman–Crippen LogP) is -0.114. The zero-order chi connectivity index (χ0) is 12.3. The Hall–Kier alpha value is -1.04. The molecule has 1 saturated heterocycles. The molecule has 0 aliphatic carbocycles. The van der Waals surface area contributed by atoms with Crippen LogP contribution in [0.25, 0.3) is 0 Å². The molecule has 0 amide bonds. The average Bonchev–Trinajstić information content (AvgIpc) is 2.83. The van der Waals surface area contributed by atoms with E-state index >= 15 is 0 Å². The molecular formula is C12H18BNO3. The normalized spacial score (nSPS) is 21.2. The fourth-order valence-electron chi connectivity index (χ4n) is 2.13. The lowest BCUT2D eigenvalue weighted by Crippen LogP contribution is -2.36. The van der Waals surface area contributed by atoms with Gasteiger partial charge in [-0.1, -0.05) is 12.1 Å². The van der Waals surface area contributed by atoms with Crippen molar-refractivity contribution in [2.75, 3.05) is 6.54 Å². The first-order chi connectivity index (χ1) is 8.16. The summed E-state index contributed by atoms with van der Waals surface area (Å²) in [6, 6.07) is 7.27. The molecule has 1 fully saturated rings. The second-order valence-corrected chi connectivity index (χ2v) is 4.47. The summed E-state index contributed by atoms with van der Waals surface area (Å²) in [6.07, 6.45) is 2.48. The lowest BCUT2D eigenvalue weighted by atomic mass is 9.80. The minimum atomic E-state index is -1.42. The monoisotopic (exact) mass is 235 g/mol. The first kappa shape index (κ1) is 12.4. The lowest BCUT2D eigenvalue weighted by molar-refractivity contribution is 0.180. The molecule has 1 aromatic carbocycles. The molecular weight excluding hydrogens is 217 g/mol. The number of benzene rings is 1. The highest BCUT2D eigenvalue weighted by Gasteiger charge is 2.22. The Morgan fingerprint density at radius 2 is 2.06 bits per heavy atom. The highest BCUT2D eigenvalue weighted by molar-refractivity contribution is 6.58. The largest absolute Gasteiger partial charge is 0.489 e. The number of ether oxygens (including phenoxy) is 1. The average molecular weight is 235 g/mol. The van der Waals surface area contributed by atoms with Crippen molar-refractivity contribution >= 4 is 12.6 Å². The maximum Gasteiger partial charge on any atom is 0.488 e. The van der Waals surface area contributed by atoms with E-state index in [0.29, 0.717) is 11.5 Å². The van der Waals surface area contributed by atoms with Gasteiger partial charge in [-0.3, -0.25) is 0 Å². The molecule has 2 unspecified atom stereocenters. The summed E-state index contributed by atoms with van der Waals surface area (Å²) in [5.41, 5.74) is 0.476. The summed E-state index contributed by atoms with van der Waals surface area (Å²) in [5, 5.41) is 21.3. The van der Waals surface area contributed by atoms with E-state index in [9.17, 15) is 0 Å². The smallest absolute Gasteiger partial charge is 0.488 e. The minimum absolute atomic E-state index is 0.127. The van der Waals surface area contributed by atoms with Gasteiger partial charge in [0.1, 0.15) is 11.9 Å². The molecule has 92 valence electrons. The van der Waals surface area contributed by atoms with Crippen LogP contribution in [0.5, 0.6) is 5.75 Å². The van der Waals surface area contributed by atoms with Crippen LogP contribution in [0.4, 0.5) is 0 Å². The van der Waals surface area contributed by atoms with Crippen molar-refractivity contribution in [3.05, 3.63) is 24.3 Å². The van der Waals surface area contributed by atoms with Crippen LogP contribution in [0.1, 0.15) is 19.8 Å². The van der Waals surface area contributed by atoms with Crippen molar-refractivity contribution in [3.63, 3.8) is 0 Å². The van der Waals surface area contributed by atoms with Gasteiger partial charge in [-0.2, -0.15) is 0 Å². The van der Waals surface area contributed by atoms with Crippen molar-refractivity contribution < 1.29 is 14.8 Å². The molecule has 1 aliphatic rings. The molecule has 1 heterocycles. The van der Waals surface area contributed by atoms with E-state index in [1.807, 2.05) is 0 Å². The van der Waals surface area contributed by atoms with Crippen LogP contribution in [-0.2, 0) is 0 Å². The quantitative estimate of drug-likeness (QED) is 0.637. The van der Waals surface area contributed by atoms with Crippen molar-refractivity contribution in [1.82, 2.24) is 5.32 Å². The van der Waals surface area contributed by atoms with Crippen LogP contribution in [0.15, 0.2) is 24.3 Å². The van der Waals surface area contributed by atoms with Crippen LogP contribution >= 0.6 is 0 Å². The fraction of sp³-hybridized carbons (Fsp3) is 0.500. The molecule has 3 N–H and O–H groups in total. The van der Waals surface area contributed by atoms with Gasteiger partial charge in [0.15, 0.2) is 0 Å². The second-order valence-electron chi connectivity index (χ2n) is 4.47. The number of hydrogen-bond donors (Lipinski definition) is 3. The molecule has 0 bridgehead atoms. The first-order valence-corrected chi connectivity index (χ1v) is 6.03. The number of nitrogens with one attached hydrogen (secondary N) is 1. The van der Waals surface area contributed by atoms with Crippen LogP contribution in [-0.4, -0.2) is 35.9 Å². The molecule has 1 aliphatic heterocycles. The van der Waals surface area contributed by atoms with E-state index in [4.69, 9.17) is 14.8 Å². The van der Waals surface area contributed by atoms with Gasteiger partial charge in [0.25, 0.3) is 0 Å². The second kappa shape index (κ2) is 5.53. The molecule has 17 heavy (non-hydrogen) atoms. The van der Waals surface area contributed by atoms with Gasteiger partial charge in [-0.05, 0) is 43.9 Å².